The zero-order valence-electron chi connectivity index (χ0n) is 16.1. The van der Waals surface area contributed by atoms with Crippen molar-refractivity contribution in [1.82, 2.24) is 9.78 Å². The molecule has 0 radical (unpaired) electrons. The highest BCUT2D eigenvalue weighted by Gasteiger charge is 2.20. The summed E-state index contributed by atoms with van der Waals surface area (Å²) in [5, 5.41) is 4.61. The fraction of sp³-hybridized carbons (Fsp3) is 0.174. The molecule has 0 atom stereocenters. The quantitative estimate of drug-likeness (QED) is 0.280. The molecule has 0 fully saturated rings. The Morgan fingerprint density at radius 1 is 1.17 bits per heavy atom. The molecular weight excluding hydrogens is 388 g/mol. The first-order valence-electron chi connectivity index (χ1n) is 9.22. The van der Waals surface area contributed by atoms with Crippen LogP contribution in [0.2, 0.25) is 5.15 Å². The number of hydrogen-bond acceptors (Lipinski definition) is 4. The zero-order chi connectivity index (χ0) is 20.5. The molecule has 0 bridgehead atoms. The summed E-state index contributed by atoms with van der Waals surface area (Å²) < 4.78 is 6.63. The highest BCUT2D eigenvalue weighted by atomic mass is 35.5. The number of aryl methyl sites for hydroxylation is 2. The van der Waals surface area contributed by atoms with Crippen LogP contribution in [0.3, 0.4) is 0 Å². The maximum atomic E-state index is 12.5. The van der Waals surface area contributed by atoms with Crippen molar-refractivity contribution >= 4 is 29.4 Å². The first kappa shape index (κ1) is 19.2. The van der Waals surface area contributed by atoms with Crippen LogP contribution in [-0.4, -0.2) is 28.1 Å². The summed E-state index contributed by atoms with van der Waals surface area (Å²) in [6, 6.07) is 13.8. The number of esters is 1. The molecule has 0 aliphatic heterocycles. The average molecular weight is 407 g/mol. The number of carbonyl (C=O) groups excluding carboxylic acids is 2. The fourth-order valence-corrected chi connectivity index (χ4v) is 3.79. The van der Waals surface area contributed by atoms with Gasteiger partial charge in [-0.3, -0.25) is 9.48 Å². The van der Waals surface area contributed by atoms with Gasteiger partial charge in [0.1, 0.15) is 5.15 Å². The minimum absolute atomic E-state index is 0.241. The molecule has 0 unspecified atom stereocenters. The predicted molar refractivity (Wildman–Crippen MR) is 112 cm³/mol. The summed E-state index contributed by atoms with van der Waals surface area (Å²) in [5.41, 5.74) is 6.56. The number of rotatable bonds is 5. The van der Waals surface area contributed by atoms with Gasteiger partial charge in [-0.25, -0.2) is 4.79 Å². The SMILES string of the molecule is Cc1nn(C)c(Cl)c1C=CC(=O)OCC(=O)c1ccc2c(c1)-c1ccccc1C2. The predicted octanol–water partition coefficient (Wildman–Crippen LogP) is 4.39. The minimum Gasteiger partial charge on any atom is -0.454 e. The minimum atomic E-state index is -0.607. The van der Waals surface area contributed by atoms with E-state index in [1.165, 1.54) is 21.9 Å². The second kappa shape index (κ2) is 7.68. The van der Waals surface area contributed by atoms with Crippen LogP contribution in [0.25, 0.3) is 17.2 Å². The van der Waals surface area contributed by atoms with Crippen LogP contribution < -0.4 is 0 Å². The molecule has 1 aliphatic rings. The molecule has 5 nitrogen and oxygen atoms in total. The van der Waals surface area contributed by atoms with Crippen molar-refractivity contribution in [2.45, 2.75) is 13.3 Å². The van der Waals surface area contributed by atoms with E-state index in [0.29, 0.717) is 22.0 Å². The number of benzene rings is 2. The Labute approximate surface area is 173 Å². The molecule has 29 heavy (non-hydrogen) atoms. The van der Waals surface area contributed by atoms with Gasteiger partial charge in [0.25, 0.3) is 0 Å². The third-order valence-electron chi connectivity index (χ3n) is 5.05. The number of carbonyl (C=O) groups is 2. The third-order valence-corrected chi connectivity index (χ3v) is 5.50. The van der Waals surface area contributed by atoms with Gasteiger partial charge in [0.05, 0.1) is 5.69 Å². The van der Waals surface area contributed by atoms with Gasteiger partial charge in [-0.1, -0.05) is 48.0 Å². The van der Waals surface area contributed by atoms with Crippen LogP contribution in [0, 0.1) is 6.92 Å². The van der Waals surface area contributed by atoms with Crippen molar-refractivity contribution in [2.24, 2.45) is 7.05 Å². The molecule has 1 heterocycles. The molecule has 6 heteroatoms. The van der Waals surface area contributed by atoms with Gasteiger partial charge in [0.2, 0.25) is 0 Å². The lowest BCUT2D eigenvalue weighted by Crippen LogP contribution is -2.12. The second-order valence-electron chi connectivity index (χ2n) is 6.98. The van der Waals surface area contributed by atoms with Gasteiger partial charge in [-0.2, -0.15) is 5.10 Å². The Kier molecular flexibility index (Phi) is 5.07. The number of halogens is 1. The second-order valence-corrected chi connectivity index (χ2v) is 7.34. The molecular formula is C23H19ClN2O3. The Balaban J connectivity index is 1.42. The molecule has 3 aromatic rings. The van der Waals surface area contributed by atoms with E-state index in [9.17, 15) is 9.59 Å². The Morgan fingerprint density at radius 3 is 2.69 bits per heavy atom. The number of aromatic nitrogens is 2. The van der Waals surface area contributed by atoms with E-state index in [-0.39, 0.29) is 12.4 Å². The maximum absolute atomic E-state index is 12.5. The molecule has 2 aromatic carbocycles. The van der Waals surface area contributed by atoms with Crippen molar-refractivity contribution in [3.05, 3.63) is 81.6 Å². The number of ether oxygens (including phenoxy) is 1. The molecule has 0 saturated carbocycles. The number of hydrogen-bond donors (Lipinski definition) is 0. The van der Waals surface area contributed by atoms with E-state index in [2.05, 4.69) is 17.2 Å². The van der Waals surface area contributed by atoms with E-state index in [0.717, 1.165) is 17.5 Å². The Bertz CT molecular complexity index is 1160. The molecule has 0 saturated heterocycles. The molecule has 0 amide bonds. The van der Waals surface area contributed by atoms with Gasteiger partial charge in [0, 0.05) is 24.3 Å². The number of fused-ring (bicyclic) bond motifs is 3. The van der Waals surface area contributed by atoms with Crippen LogP contribution in [0.15, 0.2) is 48.5 Å². The summed E-state index contributed by atoms with van der Waals surface area (Å²) in [7, 11) is 1.72. The number of ketones is 1. The normalized spacial score (nSPS) is 12.1. The van der Waals surface area contributed by atoms with Crippen molar-refractivity contribution < 1.29 is 14.3 Å². The van der Waals surface area contributed by atoms with Crippen LogP contribution in [-0.2, 0) is 23.0 Å². The van der Waals surface area contributed by atoms with Gasteiger partial charge in [-0.05, 0) is 47.7 Å². The van der Waals surface area contributed by atoms with E-state index in [1.54, 1.807) is 26.1 Å². The number of Topliss-reactive ketones (excluding diaryl/α,β-unsaturated/α-hetero) is 1. The largest absolute Gasteiger partial charge is 0.454 e. The maximum Gasteiger partial charge on any atom is 0.331 e. The molecule has 0 spiro atoms. The topological polar surface area (TPSA) is 61.2 Å². The first-order valence-corrected chi connectivity index (χ1v) is 9.60. The van der Waals surface area contributed by atoms with Crippen LogP contribution in [0.4, 0.5) is 0 Å². The van der Waals surface area contributed by atoms with E-state index in [1.807, 2.05) is 24.3 Å². The summed E-state index contributed by atoms with van der Waals surface area (Å²) >= 11 is 6.13. The van der Waals surface area contributed by atoms with Gasteiger partial charge in [0.15, 0.2) is 12.4 Å². The zero-order valence-corrected chi connectivity index (χ0v) is 16.9. The van der Waals surface area contributed by atoms with Crippen molar-refractivity contribution in [1.29, 1.82) is 0 Å². The van der Waals surface area contributed by atoms with E-state index >= 15 is 0 Å². The van der Waals surface area contributed by atoms with Gasteiger partial charge >= 0.3 is 5.97 Å². The lowest BCUT2D eigenvalue weighted by Gasteiger charge is -2.06. The summed E-state index contributed by atoms with van der Waals surface area (Å²) in [5.74, 6) is -0.848. The van der Waals surface area contributed by atoms with Crippen LogP contribution in [0.5, 0.6) is 0 Å². The first-order chi connectivity index (χ1) is 13.9. The fourth-order valence-electron chi connectivity index (χ4n) is 3.55. The lowest BCUT2D eigenvalue weighted by atomic mass is 10.0. The van der Waals surface area contributed by atoms with E-state index in [4.69, 9.17) is 16.3 Å². The van der Waals surface area contributed by atoms with Gasteiger partial charge in [-0.15, -0.1) is 0 Å². The summed E-state index contributed by atoms with van der Waals surface area (Å²) in [6.45, 7) is 1.48. The smallest absolute Gasteiger partial charge is 0.331 e. The molecule has 0 N–H and O–H groups in total. The molecule has 146 valence electrons. The standard InChI is InChI=1S/C23H19ClN2O3/c1-14-18(23(24)26(2)25-14)9-10-22(28)29-13-21(27)17-8-7-16-11-15-5-3-4-6-19(15)20(16)12-17/h3-10,12H,11,13H2,1-2H3. The van der Waals surface area contributed by atoms with Crippen molar-refractivity contribution in [2.75, 3.05) is 6.61 Å². The lowest BCUT2D eigenvalue weighted by molar-refractivity contribution is -0.136. The Hall–Kier alpha value is -3.18. The Morgan fingerprint density at radius 2 is 1.93 bits per heavy atom. The van der Waals surface area contributed by atoms with Crippen LogP contribution in [0.1, 0.15) is 32.7 Å². The summed E-state index contributed by atoms with van der Waals surface area (Å²) in [4.78, 5) is 24.5. The van der Waals surface area contributed by atoms with Crippen molar-refractivity contribution in [3.63, 3.8) is 0 Å². The van der Waals surface area contributed by atoms with Gasteiger partial charge < -0.3 is 4.74 Å². The number of nitrogens with zero attached hydrogens (tertiary/aromatic N) is 2. The van der Waals surface area contributed by atoms with E-state index < -0.39 is 5.97 Å². The van der Waals surface area contributed by atoms with Crippen LogP contribution >= 0.6 is 11.6 Å². The molecule has 1 aliphatic carbocycles. The third kappa shape index (κ3) is 3.74. The molecule has 4 rings (SSSR count). The van der Waals surface area contributed by atoms with Crippen molar-refractivity contribution in [3.8, 4) is 11.1 Å². The average Bonchev–Trinajstić information content (AvgIpc) is 3.20. The monoisotopic (exact) mass is 406 g/mol. The molecule has 1 aromatic heterocycles. The highest BCUT2D eigenvalue weighted by molar-refractivity contribution is 6.31. The summed E-state index contributed by atoms with van der Waals surface area (Å²) in [6.07, 6.45) is 3.67. The highest BCUT2D eigenvalue weighted by Crippen LogP contribution is 2.36.